The number of halogens is 2. The molecule has 8 heteroatoms. The lowest BCUT2D eigenvalue weighted by molar-refractivity contribution is -0.385. The Morgan fingerprint density at radius 1 is 1.15 bits per heavy atom. The van der Waals surface area contributed by atoms with Crippen molar-refractivity contribution >= 4 is 34.7 Å². The molecule has 138 valence electrons. The van der Waals surface area contributed by atoms with Crippen LogP contribution in [0.2, 0.25) is 5.02 Å². The normalized spacial score (nSPS) is 10.6. The standard InChI is InChI=1S/C19H14ClFN2O3S/c20-13-4-7-15(8-5-13)27-18-9-6-14(23(25)26)10-12(18)11-22-17-3-1-2-16(21)19(17)24/h1-10,22,24H,11H2. The average Bonchev–Trinajstić information content (AvgIpc) is 2.65. The molecule has 5 nitrogen and oxygen atoms in total. The van der Waals surface area contributed by atoms with Gasteiger partial charge in [0.1, 0.15) is 0 Å². The average molecular weight is 405 g/mol. The smallest absolute Gasteiger partial charge is 0.269 e. The molecule has 0 bridgehead atoms. The molecular weight excluding hydrogens is 391 g/mol. The van der Waals surface area contributed by atoms with E-state index in [1.807, 2.05) is 12.1 Å². The number of aromatic hydroxyl groups is 1. The zero-order valence-corrected chi connectivity index (χ0v) is 15.4. The third kappa shape index (κ3) is 4.69. The van der Waals surface area contributed by atoms with Crippen molar-refractivity contribution in [1.82, 2.24) is 0 Å². The maximum Gasteiger partial charge on any atom is 0.269 e. The van der Waals surface area contributed by atoms with E-state index in [0.717, 1.165) is 15.9 Å². The molecule has 0 heterocycles. The third-order valence-corrected chi connectivity index (χ3v) is 5.13. The van der Waals surface area contributed by atoms with Crippen LogP contribution in [0.5, 0.6) is 5.75 Å². The Morgan fingerprint density at radius 2 is 1.89 bits per heavy atom. The summed E-state index contributed by atoms with van der Waals surface area (Å²) in [6.45, 7) is 0.175. The molecule has 0 spiro atoms. The van der Waals surface area contributed by atoms with E-state index in [0.29, 0.717) is 10.6 Å². The van der Waals surface area contributed by atoms with Crippen molar-refractivity contribution in [3.05, 3.63) is 87.2 Å². The molecule has 0 aromatic heterocycles. The molecule has 0 radical (unpaired) electrons. The summed E-state index contributed by atoms with van der Waals surface area (Å²) in [5, 5.41) is 24.4. The van der Waals surface area contributed by atoms with Crippen molar-refractivity contribution in [2.75, 3.05) is 5.32 Å². The molecule has 0 amide bonds. The van der Waals surface area contributed by atoms with Gasteiger partial charge in [-0.3, -0.25) is 10.1 Å². The highest BCUT2D eigenvalue weighted by Gasteiger charge is 2.13. The first kappa shape index (κ1) is 19.0. The minimum Gasteiger partial charge on any atom is -0.503 e. The lowest BCUT2D eigenvalue weighted by Gasteiger charge is -2.12. The molecule has 0 aliphatic heterocycles. The fourth-order valence-corrected chi connectivity index (χ4v) is 3.45. The molecule has 2 N–H and O–H groups in total. The number of hydrogen-bond donors (Lipinski definition) is 2. The van der Waals surface area contributed by atoms with Crippen molar-refractivity contribution in [2.24, 2.45) is 0 Å². The molecule has 0 atom stereocenters. The Labute approximate surface area is 163 Å². The predicted octanol–water partition coefficient (Wildman–Crippen LogP) is 5.86. The van der Waals surface area contributed by atoms with Crippen LogP contribution in [0, 0.1) is 15.9 Å². The Morgan fingerprint density at radius 3 is 2.59 bits per heavy atom. The molecule has 3 aromatic carbocycles. The number of nitrogens with one attached hydrogen (secondary N) is 1. The quantitative estimate of drug-likeness (QED) is 0.306. The summed E-state index contributed by atoms with van der Waals surface area (Å²) in [5.41, 5.74) is 0.812. The van der Waals surface area contributed by atoms with Gasteiger partial charge in [-0.2, -0.15) is 0 Å². The highest BCUT2D eigenvalue weighted by molar-refractivity contribution is 7.99. The molecule has 0 unspecified atom stereocenters. The number of nitro groups is 1. The lowest BCUT2D eigenvalue weighted by Crippen LogP contribution is -2.03. The second kappa shape index (κ2) is 8.28. The van der Waals surface area contributed by atoms with E-state index in [4.69, 9.17) is 11.6 Å². The zero-order valence-electron chi connectivity index (χ0n) is 13.9. The Hall–Kier alpha value is -2.77. The summed E-state index contributed by atoms with van der Waals surface area (Å²) in [6, 6.07) is 15.9. The fourth-order valence-electron chi connectivity index (χ4n) is 2.40. The highest BCUT2D eigenvalue weighted by atomic mass is 35.5. The molecule has 0 aliphatic rings. The number of benzene rings is 3. The van der Waals surface area contributed by atoms with E-state index in [-0.39, 0.29) is 17.9 Å². The van der Waals surface area contributed by atoms with Crippen LogP contribution in [0.15, 0.2) is 70.5 Å². The van der Waals surface area contributed by atoms with Crippen LogP contribution in [0.25, 0.3) is 0 Å². The molecule has 0 saturated heterocycles. The topological polar surface area (TPSA) is 75.4 Å². The largest absolute Gasteiger partial charge is 0.503 e. The number of phenols is 1. The van der Waals surface area contributed by atoms with Crippen LogP contribution in [0.3, 0.4) is 0 Å². The third-order valence-electron chi connectivity index (χ3n) is 3.75. The predicted molar refractivity (Wildman–Crippen MR) is 104 cm³/mol. The number of nitrogens with zero attached hydrogens (tertiary/aromatic N) is 1. The van der Waals surface area contributed by atoms with Gasteiger partial charge in [-0.1, -0.05) is 29.4 Å². The van der Waals surface area contributed by atoms with Gasteiger partial charge in [0.2, 0.25) is 0 Å². The highest BCUT2D eigenvalue weighted by Crippen LogP contribution is 2.34. The van der Waals surface area contributed by atoms with E-state index < -0.39 is 16.5 Å². The van der Waals surface area contributed by atoms with E-state index in [1.165, 1.54) is 36.0 Å². The van der Waals surface area contributed by atoms with Crippen LogP contribution in [-0.2, 0) is 6.54 Å². The maximum atomic E-state index is 13.5. The number of para-hydroxylation sites is 1. The molecule has 27 heavy (non-hydrogen) atoms. The van der Waals surface area contributed by atoms with E-state index in [9.17, 15) is 19.6 Å². The first-order chi connectivity index (χ1) is 12.9. The van der Waals surface area contributed by atoms with Gasteiger partial charge in [-0.15, -0.1) is 0 Å². The summed E-state index contributed by atoms with van der Waals surface area (Å²) in [5.74, 6) is -1.23. The fraction of sp³-hybridized carbons (Fsp3) is 0.0526. The second-order valence-corrected chi connectivity index (χ2v) is 7.15. The minimum atomic E-state index is -0.741. The molecule has 0 saturated carbocycles. The maximum absolute atomic E-state index is 13.5. The first-order valence-corrected chi connectivity index (χ1v) is 9.05. The van der Waals surface area contributed by atoms with Crippen LogP contribution >= 0.6 is 23.4 Å². The van der Waals surface area contributed by atoms with Crippen LogP contribution < -0.4 is 5.32 Å². The van der Waals surface area contributed by atoms with Crippen LogP contribution in [0.1, 0.15) is 5.56 Å². The molecule has 3 rings (SSSR count). The Bertz CT molecular complexity index is 983. The SMILES string of the molecule is O=[N+]([O-])c1ccc(Sc2ccc(Cl)cc2)c(CNc2cccc(F)c2O)c1. The number of non-ortho nitro benzene ring substituents is 1. The number of anilines is 1. The summed E-state index contributed by atoms with van der Waals surface area (Å²) < 4.78 is 13.5. The lowest BCUT2D eigenvalue weighted by atomic mass is 10.2. The summed E-state index contributed by atoms with van der Waals surface area (Å²) in [6.07, 6.45) is 0. The van der Waals surface area contributed by atoms with E-state index >= 15 is 0 Å². The van der Waals surface area contributed by atoms with Gasteiger partial charge in [0.25, 0.3) is 5.69 Å². The number of hydrogen-bond acceptors (Lipinski definition) is 5. The molecule has 3 aromatic rings. The Kier molecular flexibility index (Phi) is 5.83. The number of rotatable bonds is 6. The minimum absolute atomic E-state index is 0.0456. The van der Waals surface area contributed by atoms with Gasteiger partial charge in [0.05, 0.1) is 10.6 Å². The van der Waals surface area contributed by atoms with Gasteiger partial charge in [-0.25, -0.2) is 4.39 Å². The Balaban J connectivity index is 1.88. The van der Waals surface area contributed by atoms with Crippen LogP contribution in [-0.4, -0.2) is 10.0 Å². The molecule has 0 aliphatic carbocycles. The van der Waals surface area contributed by atoms with Gasteiger partial charge in [0, 0.05) is 33.5 Å². The van der Waals surface area contributed by atoms with Gasteiger partial charge in [0.15, 0.2) is 11.6 Å². The van der Waals surface area contributed by atoms with Gasteiger partial charge in [-0.05, 0) is 48.0 Å². The summed E-state index contributed by atoms with van der Waals surface area (Å²) >= 11 is 7.33. The zero-order chi connectivity index (χ0) is 19.4. The van der Waals surface area contributed by atoms with Gasteiger partial charge >= 0.3 is 0 Å². The first-order valence-electron chi connectivity index (χ1n) is 7.86. The second-order valence-electron chi connectivity index (χ2n) is 5.59. The van der Waals surface area contributed by atoms with E-state index in [1.54, 1.807) is 18.2 Å². The van der Waals surface area contributed by atoms with E-state index in [2.05, 4.69) is 5.32 Å². The van der Waals surface area contributed by atoms with Crippen molar-refractivity contribution < 1.29 is 14.4 Å². The summed E-state index contributed by atoms with van der Waals surface area (Å²) in [4.78, 5) is 12.4. The van der Waals surface area contributed by atoms with Crippen molar-refractivity contribution in [2.45, 2.75) is 16.3 Å². The van der Waals surface area contributed by atoms with Gasteiger partial charge < -0.3 is 10.4 Å². The number of nitro benzene ring substituents is 1. The number of phenolic OH excluding ortho intramolecular Hbond substituents is 1. The van der Waals surface area contributed by atoms with Crippen LogP contribution in [0.4, 0.5) is 15.8 Å². The monoisotopic (exact) mass is 404 g/mol. The van der Waals surface area contributed by atoms with Crippen molar-refractivity contribution in [3.8, 4) is 5.75 Å². The molecule has 0 fully saturated rings. The molecular formula is C19H14ClFN2O3S. The summed E-state index contributed by atoms with van der Waals surface area (Å²) in [7, 11) is 0. The van der Waals surface area contributed by atoms with Crippen molar-refractivity contribution in [1.29, 1.82) is 0 Å². The van der Waals surface area contributed by atoms with Crippen molar-refractivity contribution in [3.63, 3.8) is 0 Å².